The van der Waals surface area contributed by atoms with E-state index in [2.05, 4.69) is 51.8 Å². The Bertz CT molecular complexity index is 780. The maximum atomic E-state index is 11.7. The van der Waals surface area contributed by atoms with Crippen LogP contribution in [-0.4, -0.2) is 23.2 Å². The van der Waals surface area contributed by atoms with Crippen LogP contribution in [0.25, 0.3) is 0 Å². The molecule has 0 bridgehead atoms. The number of aromatic hydroxyl groups is 1. The van der Waals surface area contributed by atoms with E-state index in [9.17, 15) is 9.90 Å². The summed E-state index contributed by atoms with van der Waals surface area (Å²) in [6, 6.07) is 5.57. The van der Waals surface area contributed by atoms with Gasteiger partial charge in [0.2, 0.25) is 0 Å². The zero-order valence-corrected chi connectivity index (χ0v) is 16.6. The first-order valence-electron chi connectivity index (χ1n) is 8.62. The lowest BCUT2D eigenvalue weighted by molar-refractivity contribution is 0.0600. The Morgan fingerprint density at radius 2 is 1.50 bits per heavy atom. The van der Waals surface area contributed by atoms with Crippen molar-refractivity contribution < 1.29 is 14.6 Å². The highest BCUT2D eigenvalue weighted by Crippen LogP contribution is 2.41. The number of nitrogens with one attached hydrogen (secondary N) is 1. The van der Waals surface area contributed by atoms with E-state index in [4.69, 9.17) is 4.74 Å². The Labute approximate surface area is 155 Å². The van der Waals surface area contributed by atoms with E-state index < -0.39 is 5.97 Å². The van der Waals surface area contributed by atoms with Gasteiger partial charge in [-0.05, 0) is 29.0 Å². The van der Waals surface area contributed by atoms with Gasteiger partial charge in [-0.1, -0.05) is 41.5 Å². The fourth-order valence-corrected chi connectivity index (χ4v) is 2.75. The summed E-state index contributed by atoms with van der Waals surface area (Å²) in [4.78, 5) is 15.8. The number of ether oxygens (including phenoxy) is 1. The first-order chi connectivity index (χ1) is 11.9. The van der Waals surface area contributed by atoms with Crippen LogP contribution in [0.3, 0.4) is 0 Å². The number of rotatable bonds is 3. The van der Waals surface area contributed by atoms with Crippen LogP contribution in [0.2, 0.25) is 0 Å². The van der Waals surface area contributed by atoms with Gasteiger partial charge < -0.3 is 15.2 Å². The fourth-order valence-electron chi connectivity index (χ4n) is 2.75. The lowest BCUT2D eigenvalue weighted by Gasteiger charge is -2.28. The molecule has 140 valence electrons. The molecule has 0 radical (unpaired) electrons. The van der Waals surface area contributed by atoms with Crippen molar-refractivity contribution in [3.8, 4) is 5.75 Å². The minimum absolute atomic E-state index is 0.214. The largest absolute Gasteiger partial charge is 0.507 e. The highest BCUT2D eigenvalue weighted by Gasteiger charge is 2.26. The normalized spacial score (nSPS) is 12.0. The topological polar surface area (TPSA) is 71.5 Å². The minimum Gasteiger partial charge on any atom is -0.507 e. The number of carbonyl (C=O) groups is 1. The lowest BCUT2D eigenvalue weighted by atomic mass is 9.79. The third-order valence-electron chi connectivity index (χ3n) is 4.17. The predicted octanol–water partition coefficient (Wildman–Crippen LogP) is 4.91. The molecule has 5 heteroatoms. The summed E-state index contributed by atoms with van der Waals surface area (Å²) in [6.45, 7) is 12.4. The Kier molecular flexibility index (Phi) is 5.31. The number of nitrogens with zero attached hydrogens (tertiary/aromatic N) is 1. The van der Waals surface area contributed by atoms with Gasteiger partial charge in [0.1, 0.15) is 5.75 Å². The van der Waals surface area contributed by atoms with Crippen LogP contribution in [0.4, 0.5) is 11.4 Å². The second kappa shape index (κ2) is 6.98. The van der Waals surface area contributed by atoms with Gasteiger partial charge in [-0.2, -0.15) is 0 Å². The molecule has 1 heterocycles. The van der Waals surface area contributed by atoms with Gasteiger partial charge in [-0.25, -0.2) is 4.79 Å². The fraction of sp³-hybridized carbons (Fsp3) is 0.429. The molecular formula is C21H28N2O3. The van der Waals surface area contributed by atoms with Crippen molar-refractivity contribution in [2.24, 2.45) is 0 Å². The van der Waals surface area contributed by atoms with E-state index in [1.165, 1.54) is 13.3 Å². The summed E-state index contributed by atoms with van der Waals surface area (Å²) < 4.78 is 4.75. The molecule has 0 saturated heterocycles. The van der Waals surface area contributed by atoms with Crippen molar-refractivity contribution in [3.05, 3.63) is 47.3 Å². The number of phenols is 1. The molecule has 0 spiro atoms. The van der Waals surface area contributed by atoms with Gasteiger partial charge in [0.25, 0.3) is 0 Å². The number of hydrogen-bond donors (Lipinski definition) is 2. The highest BCUT2D eigenvalue weighted by atomic mass is 16.5. The van der Waals surface area contributed by atoms with Gasteiger partial charge in [-0.3, -0.25) is 4.98 Å². The van der Waals surface area contributed by atoms with Crippen LogP contribution in [0.5, 0.6) is 5.75 Å². The summed E-state index contributed by atoms with van der Waals surface area (Å²) >= 11 is 0. The van der Waals surface area contributed by atoms with E-state index in [-0.39, 0.29) is 10.8 Å². The highest BCUT2D eigenvalue weighted by molar-refractivity contribution is 5.90. The molecule has 0 saturated carbocycles. The van der Waals surface area contributed by atoms with Crippen molar-refractivity contribution in [3.63, 3.8) is 0 Å². The number of aromatic nitrogens is 1. The van der Waals surface area contributed by atoms with Crippen LogP contribution < -0.4 is 5.32 Å². The van der Waals surface area contributed by atoms with Gasteiger partial charge in [0.05, 0.1) is 24.6 Å². The first kappa shape index (κ1) is 19.8. The zero-order chi connectivity index (χ0) is 19.7. The Balaban J connectivity index is 2.52. The molecule has 0 atom stereocenters. The Morgan fingerprint density at radius 1 is 0.962 bits per heavy atom. The summed E-state index contributed by atoms with van der Waals surface area (Å²) in [7, 11) is 1.34. The molecule has 2 N–H and O–H groups in total. The van der Waals surface area contributed by atoms with Gasteiger partial charge >= 0.3 is 5.97 Å². The molecular weight excluding hydrogens is 328 g/mol. The molecule has 1 aromatic carbocycles. The molecule has 0 aliphatic carbocycles. The van der Waals surface area contributed by atoms with E-state index in [0.29, 0.717) is 17.0 Å². The molecule has 5 nitrogen and oxygen atoms in total. The Hall–Kier alpha value is -2.56. The minimum atomic E-state index is -0.433. The molecule has 26 heavy (non-hydrogen) atoms. The van der Waals surface area contributed by atoms with Crippen molar-refractivity contribution in [2.75, 3.05) is 12.4 Å². The number of pyridine rings is 1. The summed E-state index contributed by atoms with van der Waals surface area (Å²) in [5.74, 6) is -0.102. The summed E-state index contributed by atoms with van der Waals surface area (Å²) in [6.07, 6.45) is 3.11. The molecule has 2 aromatic rings. The third kappa shape index (κ3) is 4.34. The number of anilines is 2. The van der Waals surface area contributed by atoms with E-state index in [0.717, 1.165) is 16.8 Å². The second-order valence-corrected chi connectivity index (χ2v) is 8.50. The average Bonchev–Trinajstić information content (AvgIpc) is 2.53. The van der Waals surface area contributed by atoms with Gasteiger partial charge in [0, 0.05) is 23.0 Å². The van der Waals surface area contributed by atoms with Crippen molar-refractivity contribution in [2.45, 2.75) is 52.4 Å². The van der Waals surface area contributed by atoms with Crippen molar-refractivity contribution in [1.29, 1.82) is 0 Å². The first-order valence-corrected chi connectivity index (χ1v) is 8.62. The number of esters is 1. The zero-order valence-electron chi connectivity index (χ0n) is 16.6. The van der Waals surface area contributed by atoms with Crippen molar-refractivity contribution >= 4 is 17.3 Å². The lowest BCUT2D eigenvalue weighted by Crippen LogP contribution is -2.17. The standard InChI is InChI=1S/C21H28N2O3/c1-20(2,3)16-9-14(10-17(18(16)24)21(4,5)6)23-15-8-13(11-22-12-15)19(25)26-7/h8-12,23-24H,1-7H3. The van der Waals surface area contributed by atoms with Crippen LogP contribution in [-0.2, 0) is 15.6 Å². The molecule has 0 unspecified atom stereocenters. The maximum Gasteiger partial charge on any atom is 0.339 e. The van der Waals surface area contributed by atoms with Crippen molar-refractivity contribution in [1.82, 2.24) is 4.98 Å². The number of hydrogen-bond acceptors (Lipinski definition) is 5. The molecule has 1 aromatic heterocycles. The van der Waals surface area contributed by atoms with Gasteiger partial charge in [0.15, 0.2) is 0 Å². The number of carbonyl (C=O) groups excluding carboxylic acids is 1. The average molecular weight is 356 g/mol. The van der Waals surface area contributed by atoms with Crippen LogP contribution in [0.1, 0.15) is 63.0 Å². The van der Waals surface area contributed by atoms with E-state index in [1.54, 1.807) is 12.3 Å². The van der Waals surface area contributed by atoms with Gasteiger partial charge in [-0.15, -0.1) is 0 Å². The van der Waals surface area contributed by atoms with E-state index in [1.807, 2.05) is 12.1 Å². The molecule has 2 rings (SSSR count). The summed E-state index contributed by atoms with van der Waals surface area (Å²) in [5.41, 5.74) is 3.19. The SMILES string of the molecule is COC(=O)c1cncc(Nc2cc(C(C)(C)C)c(O)c(C(C)(C)C)c2)c1. The molecule has 0 aliphatic rings. The number of phenolic OH excluding ortho intramolecular Hbond substituents is 1. The molecule has 0 fully saturated rings. The molecule has 0 aliphatic heterocycles. The van der Waals surface area contributed by atoms with Crippen LogP contribution in [0, 0.1) is 0 Å². The molecule has 0 amide bonds. The number of benzene rings is 1. The van der Waals surface area contributed by atoms with Crippen LogP contribution >= 0.6 is 0 Å². The number of methoxy groups -OCH3 is 1. The van der Waals surface area contributed by atoms with Crippen LogP contribution in [0.15, 0.2) is 30.6 Å². The monoisotopic (exact) mass is 356 g/mol. The predicted molar refractivity (Wildman–Crippen MR) is 104 cm³/mol. The Morgan fingerprint density at radius 3 is 1.96 bits per heavy atom. The summed E-state index contributed by atoms with van der Waals surface area (Å²) in [5, 5.41) is 14.1. The third-order valence-corrected chi connectivity index (χ3v) is 4.17. The quantitative estimate of drug-likeness (QED) is 0.604. The second-order valence-electron chi connectivity index (χ2n) is 8.50. The smallest absolute Gasteiger partial charge is 0.339 e. The maximum absolute atomic E-state index is 11.7. The van der Waals surface area contributed by atoms with E-state index >= 15 is 0 Å².